The van der Waals surface area contributed by atoms with Crippen LogP contribution in [0.3, 0.4) is 0 Å². The number of likely N-dealkylation sites (N-methyl/N-ethyl adjacent to an activating group) is 1. The zero-order chi connectivity index (χ0) is 16.8. The molecule has 0 aliphatic heterocycles. The Hall–Kier alpha value is -2.20. The summed E-state index contributed by atoms with van der Waals surface area (Å²) in [6.45, 7) is 7.35. The molecule has 1 heterocycles. The number of aromatic nitrogens is 1. The molecule has 0 radical (unpaired) electrons. The van der Waals surface area contributed by atoms with Crippen molar-refractivity contribution in [1.82, 2.24) is 9.88 Å². The van der Waals surface area contributed by atoms with Crippen LogP contribution in [0.25, 0.3) is 0 Å². The van der Waals surface area contributed by atoms with E-state index in [4.69, 9.17) is 0 Å². The zero-order valence-corrected chi connectivity index (χ0v) is 14.3. The molecule has 0 aliphatic carbocycles. The summed E-state index contributed by atoms with van der Waals surface area (Å²) in [6, 6.07) is 14.2. The highest BCUT2D eigenvalue weighted by atomic mass is 16.2. The highest BCUT2D eigenvalue weighted by molar-refractivity contribution is 5.91. The normalized spacial score (nSPS) is 11.0. The molecule has 0 saturated carbocycles. The van der Waals surface area contributed by atoms with Gasteiger partial charge < -0.3 is 5.32 Å². The van der Waals surface area contributed by atoms with Gasteiger partial charge in [0.25, 0.3) is 0 Å². The van der Waals surface area contributed by atoms with E-state index in [-0.39, 0.29) is 5.91 Å². The number of aryl methyl sites for hydroxylation is 1. The fourth-order valence-electron chi connectivity index (χ4n) is 2.42. The summed E-state index contributed by atoms with van der Waals surface area (Å²) in [6.07, 6.45) is 0. The average molecular weight is 311 g/mol. The fourth-order valence-corrected chi connectivity index (χ4v) is 2.42. The third kappa shape index (κ3) is 5.49. The summed E-state index contributed by atoms with van der Waals surface area (Å²) < 4.78 is 0. The largest absolute Gasteiger partial charge is 0.310 e. The molecule has 0 spiro atoms. The Morgan fingerprint density at radius 1 is 1.17 bits per heavy atom. The van der Waals surface area contributed by atoms with E-state index in [2.05, 4.69) is 48.4 Å². The van der Waals surface area contributed by atoms with Gasteiger partial charge in [-0.3, -0.25) is 9.69 Å². The number of nitrogens with zero attached hydrogens (tertiary/aromatic N) is 2. The molecule has 0 bridgehead atoms. The van der Waals surface area contributed by atoms with Crippen molar-refractivity contribution in [2.45, 2.75) is 33.2 Å². The van der Waals surface area contributed by atoms with Crippen molar-refractivity contribution in [2.24, 2.45) is 0 Å². The highest BCUT2D eigenvalue weighted by Crippen LogP contribution is 2.15. The Bertz CT molecular complexity index is 650. The molecule has 1 aromatic heterocycles. The molecule has 0 unspecified atom stereocenters. The van der Waals surface area contributed by atoms with Gasteiger partial charge in [0.1, 0.15) is 5.82 Å². The quantitative estimate of drug-likeness (QED) is 0.887. The van der Waals surface area contributed by atoms with Crippen LogP contribution in [-0.4, -0.2) is 29.4 Å². The van der Waals surface area contributed by atoms with Gasteiger partial charge in [0.15, 0.2) is 0 Å². The number of benzene rings is 1. The zero-order valence-electron chi connectivity index (χ0n) is 14.3. The van der Waals surface area contributed by atoms with Gasteiger partial charge in [-0.1, -0.05) is 44.2 Å². The highest BCUT2D eigenvalue weighted by Gasteiger charge is 2.08. The van der Waals surface area contributed by atoms with Gasteiger partial charge >= 0.3 is 0 Å². The van der Waals surface area contributed by atoms with E-state index in [1.165, 1.54) is 11.1 Å². The second kappa shape index (κ2) is 7.88. The molecule has 23 heavy (non-hydrogen) atoms. The number of rotatable bonds is 6. The lowest BCUT2D eigenvalue weighted by atomic mass is 10.0. The first-order valence-corrected chi connectivity index (χ1v) is 7.95. The molecule has 0 aliphatic rings. The summed E-state index contributed by atoms with van der Waals surface area (Å²) >= 11 is 0. The van der Waals surface area contributed by atoms with E-state index in [9.17, 15) is 4.79 Å². The third-order valence-electron chi connectivity index (χ3n) is 3.67. The summed E-state index contributed by atoms with van der Waals surface area (Å²) in [5, 5.41) is 2.83. The molecule has 4 heteroatoms. The summed E-state index contributed by atoms with van der Waals surface area (Å²) in [7, 11) is 1.94. The van der Waals surface area contributed by atoms with Crippen LogP contribution in [0.2, 0.25) is 0 Å². The minimum atomic E-state index is -0.0515. The molecule has 2 aromatic rings. The summed E-state index contributed by atoms with van der Waals surface area (Å²) in [5.74, 6) is 1.09. The molecule has 1 aromatic carbocycles. The molecule has 122 valence electrons. The second-order valence-corrected chi connectivity index (χ2v) is 6.28. The number of carbonyl (C=O) groups is 1. The molecule has 0 atom stereocenters. The first kappa shape index (κ1) is 17.2. The fraction of sp³-hybridized carbons (Fsp3) is 0.368. The Kier molecular flexibility index (Phi) is 5.88. The number of anilines is 1. The lowest BCUT2D eigenvalue weighted by Crippen LogP contribution is -2.30. The van der Waals surface area contributed by atoms with Crippen molar-refractivity contribution in [2.75, 3.05) is 18.9 Å². The number of pyridine rings is 1. The molecular weight excluding hydrogens is 286 g/mol. The van der Waals surface area contributed by atoms with Gasteiger partial charge in [0.2, 0.25) is 5.91 Å². The van der Waals surface area contributed by atoms with Gasteiger partial charge in [0.05, 0.1) is 6.54 Å². The molecule has 2 rings (SSSR count). The molecule has 4 nitrogen and oxygen atoms in total. The molecule has 1 amide bonds. The van der Waals surface area contributed by atoms with Crippen LogP contribution in [0.5, 0.6) is 0 Å². The number of carbonyl (C=O) groups excluding carboxylic acids is 1. The molecule has 1 N–H and O–H groups in total. The van der Waals surface area contributed by atoms with Crippen molar-refractivity contribution in [1.29, 1.82) is 0 Å². The van der Waals surface area contributed by atoms with Crippen molar-refractivity contribution < 1.29 is 4.79 Å². The SMILES string of the molecule is Cc1cccc(NC(=O)CN(C)Cc2ccc(C(C)C)cc2)n1. The number of hydrogen-bond acceptors (Lipinski definition) is 3. The van der Waals surface area contributed by atoms with Gasteiger partial charge in [-0.2, -0.15) is 0 Å². The number of nitrogens with one attached hydrogen (secondary N) is 1. The van der Waals surface area contributed by atoms with Gasteiger partial charge in [-0.15, -0.1) is 0 Å². The number of amides is 1. The van der Waals surface area contributed by atoms with E-state index in [0.29, 0.717) is 18.3 Å². The first-order valence-electron chi connectivity index (χ1n) is 7.95. The van der Waals surface area contributed by atoms with Crippen LogP contribution in [0, 0.1) is 6.92 Å². The Balaban J connectivity index is 1.86. The predicted octanol–water partition coefficient (Wildman–Crippen LogP) is 3.58. The van der Waals surface area contributed by atoms with Crippen LogP contribution in [0.4, 0.5) is 5.82 Å². The van der Waals surface area contributed by atoms with Crippen molar-refractivity contribution in [3.8, 4) is 0 Å². The minimum Gasteiger partial charge on any atom is -0.310 e. The predicted molar refractivity (Wildman–Crippen MR) is 94.5 cm³/mol. The standard InChI is InChI=1S/C19H25N3O/c1-14(2)17-10-8-16(9-11-17)12-22(4)13-19(23)21-18-7-5-6-15(3)20-18/h5-11,14H,12-13H2,1-4H3,(H,20,21,23). The smallest absolute Gasteiger partial charge is 0.239 e. The Morgan fingerprint density at radius 3 is 2.48 bits per heavy atom. The van der Waals surface area contributed by atoms with Crippen LogP contribution >= 0.6 is 0 Å². The summed E-state index contributed by atoms with van der Waals surface area (Å²) in [5.41, 5.74) is 3.43. The van der Waals surface area contributed by atoms with Gasteiger partial charge in [-0.25, -0.2) is 4.98 Å². The minimum absolute atomic E-state index is 0.0515. The van der Waals surface area contributed by atoms with Crippen LogP contribution in [-0.2, 0) is 11.3 Å². The maximum Gasteiger partial charge on any atom is 0.239 e. The third-order valence-corrected chi connectivity index (χ3v) is 3.67. The van der Waals surface area contributed by atoms with E-state index in [1.54, 1.807) is 6.07 Å². The first-order chi connectivity index (χ1) is 10.9. The van der Waals surface area contributed by atoms with Gasteiger partial charge in [-0.05, 0) is 43.1 Å². The monoisotopic (exact) mass is 311 g/mol. The molecule has 0 fully saturated rings. The van der Waals surface area contributed by atoms with E-state index in [1.807, 2.05) is 31.0 Å². The van der Waals surface area contributed by atoms with Crippen molar-refractivity contribution >= 4 is 11.7 Å². The second-order valence-electron chi connectivity index (χ2n) is 6.28. The number of hydrogen-bond donors (Lipinski definition) is 1. The maximum absolute atomic E-state index is 12.1. The Labute approximate surface area is 138 Å². The van der Waals surface area contributed by atoms with Gasteiger partial charge in [0, 0.05) is 12.2 Å². The lowest BCUT2D eigenvalue weighted by Gasteiger charge is -2.17. The lowest BCUT2D eigenvalue weighted by molar-refractivity contribution is -0.117. The van der Waals surface area contributed by atoms with Crippen molar-refractivity contribution in [3.63, 3.8) is 0 Å². The van der Waals surface area contributed by atoms with Crippen LogP contribution in [0.15, 0.2) is 42.5 Å². The van der Waals surface area contributed by atoms with E-state index >= 15 is 0 Å². The van der Waals surface area contributed by atoms with Crippen LogP contribution < -0.4 is 5.32 Å². The average Bonchev–Trinajstić information content (AvgIpc) is 2.47. The molecule has 0 saturated heterocycles. The summed E-state index contributed by atoms with van der Waals surface area (Å²) in [4.78, 5) is 18.4. The van der Waals surface area contributed by atoms with Crippen molar-refractivity contribution in [3.05, 3.63) is 59.3 Å². The Morgan fingerprint density at radius 2 is 1.87 bits per heavy atom. The van der Waals surface area contributed by atoms with E-state index < -0.39 is 0 Å². The maximum atomic E-state index is 12.1. The van der Waals surface area contributed by atoms with E-state index in [0.717, 1.165) is 12.2 Å². The molecular formula is C19H25N3O. The van der Waals surface area contributed by atoms with Crippen LogP contribution in [0.1, 0.15) is 36.6 Å². The topological polar surface area (TPSA) is 45.2 Å².